The molecule has 33 heavy (non-hydrogen) atoms. The van der Waals surface area contributed by atoms with E-state index in [4.69, 9.17) is 0 Å². The van der Waals surface area contributed by atoms with Gasteiger partial charge in [0.2, 0.25) is 5.91 Å². The van der Waals surface area contributed by atoms with Crippen LogP contribution in [0.15, 0.2) is 59.4 Å². The number of aryl methyl sites for hydroxylation is 2. The van der Waals surface area contributed by atoms with Crippen molar-refractivity contribution >= 4 is 22.5 Å². The lowest BCUT2D eigenvalue weighted by molar-refractivity contribution is -0.124. The Kier molecular flexibility index (Phi) is 6.00. The van der Waals surface area contributed by atoms with E-state index in [1.807, 2.05) is 80.5 Å². The molecule has 4 rings (SSSR count). The summed E-state index contributed by atoms with van der Waals surface area (Å²) in [6.45, 7) is 5.71. The molecule has 1 unspecified atom stereocenters. The number of hydrogen-bond acceptors (Lipinski definition) is 5. The fourth-order valence-corrected chi connectivity index (χ4v) is 3.82. The van der Waals surface area contributed by atoms with Crippen molar-refractivity contribution in [3.05, 3.63) is 81.9 Å². The molecule has 0 radical (unpaired) electrons. The molecule has 0 saturated heterocycles. The molecule has 0 saturated carbocycles. The molecule has 1 atom stereocenters. The van der Waals surface area contributed by atoms with Gasteiger partial charge in [0.05, 0.1) is 22.5 Å². The lowest BCUT2D eigenvalue weighted by Crippen LogP contribution is -2.37. The molecule has 0 aliphatic rings. The molecule has 2 heterocycles. The van der Waals surface area contributed by atoms with Crippen molar-refractivity contribution < 1.29 is 4.79 Å². The van der Waals surface area contributed by atoms with Crippen LogP contribution < -0.4 is 15.8 Å². The first kappa shape index (κ1) is 22.3. The van der Waals surface area contributed by atoms with Gasteiger partial charge in [-0.2, -0.15) is 10.2 Å². The van der Waals surface area contributed by atoms with Crippen molar-refractivity contribution in [1.82, 2.24) is 24.9 Å². The van der Waals surface area contributed by atoms with E-state index >= 15 is 0 Å². The zero-order valence-electron chi connectivity index (χ0n) is 19.5. The van der Waals surface area contributed by atoms with E-state index < -0.39 is 6.04 Å². The first-order chi connectivity index (χ1) is 15.8. The van der Waals surface area contributed by atoms with Gasteiger partial charge in [-0.05, 0) is 50.6 Å². The van der Waals surface area contributed by atoms with Crippen LogP contribution in [0.25, 0.3) is 16.6 Å². The molecule has 0 aliphatic carbocycles. The van der Waals surface area contributed by atoms with E-state index in [2.05, 4.69) is 15.5 Å². The summed E-state index contributed by atoms with van der Waals surface area (Å²) >= 11 is 0. The Hall–Kier alpha value is -3.94. The van der Waals surface area contributed by atoms with Gasteiger partial charge >= 0.3 is 0 Å². The second kappa shape index (κ2) is 8.90. The number of amides is 1. The van der Waals surface area contributed by atoms with Gasteiger partial charge in [-0.1, -0.05) is 30.3 Å². The molecule has 2 aromatic heterocycles. The average Bonchev–Trinajstić information content (AvgIpc) is 3.18. The number of aromatic nitrogens is 4. The number of para-hydroxylation sites is 1. The molecule has 0 spiro atoms. The molecule has 8 heteroatoms. The van der Waals surface area contributed by atoms with Gasteiger partial charge in [0.25, 0.3) is 5.56 Å². The highest BCUT2D eigenvalue weighted by molar-refractivity contribution is 5.84. The summed E-state index contributed by atoms with van der Waals surface area (Å²) in [7, 11) is 3.96. The van der Waals surface area contributed by atoms with Gasteiger partial charge in [-0.15, -0.1) is 0 Å². The van der Waals surface area contributed by atoms with Crippen LogP contribution in [0.1, 0.15) is 29.9 Å². The molecule has 2 aromatic carbocycles. The number of nitrogens with one attached hydrogen (secondary N) is 1. The fourth-order valence-electron chi connectivity index (χ4n) is 3.82. The number of benzene rings is 2. The minimum atomic E-state index is -0.763. The highest BCUT2D eigenvalue weighted by Crippen LogP contribution is 2.20. The van der Waals surface area contributed by atoms with Crippen molar-refractivity contribution in [3.63, 3.8) is 0 Å². The standard InChI is InChI=1S/C25H28N6O2/c1-16-23-22(17(2)30(28-23)21-9-7-6-8-10-21)25(33)31(27-16)18(3)24(32)26-15-19-11-13-20(14-12-19)29(4)5/h6-14,18H,15H2,1-5H3,(H,26,32). The normalized spacial score (nSPS) is 12.0. The van der Waals surface area contributed by atoms with Crippen molar-refractivity contribution in [2.75, 3.05) is 19.0 Å². The number of anilines is 1. The van der Waals surface area contributed by atoms with E-state index in [-0.39, 0.29) is 11.5 Å². The predicted octanol–water partition coefficient (Wildman–Crippen LogP) is 3.14. The zero-order valence-corrected chi connectivity index (χ0v) is 19.5. The quantitative estimate of drug-likeness (QED) is 0.494. The summed E-state index contributed by atoms with van der Waals surface area (Å²) in [5, 5.41) is 12.4. The molecule has 0 fully saturated rings. The first-order valence-corrected chi connectivity index (χ1v) is 10.9. The topological polar surface area (TPSA) is 85.0 Å². The smallest absolute Gasteiger partial charge is 0.278 e. The van der Waals surface area contributed by atoms with Gasteiger partial charge in [0.1, 0.15) is 11.6 Å². The third-order valence-electron chi connectivity index (χ3n) is 5.81. The predicted molar refractivity (Wildman–Crippen MR) is 130 cm³/mol. The van der Waals surface area contributed by atoms with Crippen LogP contribution in [-0.2, 0) is 11.3 Å². The number of fused-ring (bicyclic) bond motifs is 1. The van der Waals surface area contributed by atoms with E-state index in [1.165, 1.54) is 4.68 Å². The summed E-state index contributed by atoms with van der Waals surface area (Å²) in [5.74, 6) is -0.270. The molecule has 0 aliphatic heterocycles. The number of rotatable bonds is 6. The Morgan fingerprint density at radius 3 is 2.33 bits per heavy atom. The Bertz CT molecular complexity index is 1350. The Morgan fingerprint density at radius 2 is 1.70 bits per heavy atom. The van der Waals surface area contributed by atoms with Crippen LogP contribution in [0.4, 0.5) is 5.69 Å². The van der Waals surface area contributed by atoms with Crippen LogP contribution in [0.3, 0.4) is 0 Å². The Morgan fingerprint density at radius 1 is 1.03 bits per heavy atom. The highest BCUT2D eigenvalue weighted by atomic mass is 16.2. The van der Waals surface area contributed by atoms with Gasteiger partial charge < -0.3 is 10.2 Å². The van der Waals surface area contributed by atoms with Gasteiger partial charge in [-0.25, -0.2) is 9.36 Å². The third-order valence-corrected chi connectivity index (χ3v) is 5.81. The van der Waals surface area contributed by atoms with Crippen molar-refractivity contribution in [2.45, 2.75) is 33.4 Å². The third kappa shape index (κ3) is 4.24. The summed E-state index contributed by atoms with van der Waals surface area (Å²) < 4.78 is 3.00. The van der Waals surface area contributed by atoms with Crippen LogP contribution in [-0.4, -0.2) is 39.6 Å². The maximum absolute atomic E-state index is 13.3. The van der Waals surface area contributed by atoms with E-state index in [9.17, 15) is 9.59 Å². The Labute approximate surface area is 192 Å². The maximum atomic E-state index is 13.3. The van der Waals surface area contributed by atoms with Crippen molar-refractivity contribution in [2.24, 2.45) is 0 Å². The highest BCUT2D eigenvalue weighted by Gasteiger charge is 2.23. The van der Waals surface area contributed by atoms with Crippen molar-refractivity contribution in [3.8, 4) is 5.69 Å². The SMILES string of the molecule is Cc1nn(C(C)C(=O)NCc2ccc(N(C)C)cc2)c(=O)c2c(C)n(-c3ccccc3)nc12. The fraction of sp³-hybridized carbons (Fsp3) is 0.280. The zero-order chi connectivity index (χ0) is 23.7. The lowest BCUT2D eigenvalue weighted by atomic mass is 10.2. The Balaban J connectivity index is 1.60. The number of hydrogen-bond donors (Lipinski definition) is 1. The van der Waals surface area contributed by atoms with Gasteiger partial charge in [0.15, 0.2) is 0 Å². The van der Waals surface area contributed by atoms with E-state index in [1.54, 1.807) is 18.5 Å². The largest absolute Gasteiger partial charge is 0.378 e. The summed E-state index contributed by atoms with van der Waals surface area (Å²) in [4.78, 5) is 28.2. The summed E-state index contributed by atoms with van der Waals surface area (Å²) in [5.41, 5.74) is 4.47. The van der Waals surface area contributed by atoms with Crippen LogP contribution in [0.5, 0.6) is 0 Å². The van der Waals surface area contributed by atoms with Crippen LogP contribution in [0, 0.1) is 13.8 Å². The number of carbonyl (C=O) groups is 1. The minimum Gasteiger partial charge on any atom is -0.378 e. The molecule has 0 bridgehead atoms. The maximum Gasteiger partial charge on any atom is 0.278 e. The molecular weight excluding hydrogens is 416 g/mol. The second-order valence-electron chi connectivity index (χ2n) is 8.35. The molecular formula is C25H28N6O2. The lowest BCUT2D eigenvalue weighted by Gasteiger charge is -2.16. The van der Waals surface area contributed by atoms with Crippen LogP contribution in [0.2, 0.25) is 0 Å². The van der Waals surface area contributed by atoms with Crippen LogP contribution >= 0.6 is 0 Å². The second-order valence-corrected chi connectivity index (χ2v) is 8.35. The van der Waals surface area contributed by atoms with Crippen molar-refractivity contribution in [1.29, 1.82) is 0 Å². The molecule has 8 nitrogen and oxygen atoms in total. The minimum absolute atomic E-state index is 0.270. The van der Waals surface area contributed by atoms with Gasteiger partial charge in [-0.3, -0.25) is 9.59 Å². The van der Waals surface area contributed by atoms with E-state index in [0.29, 0.717) is 28.8 Å². The number of carbonyl (C=O) groups excluding carboxylic acids is 1. The molecule has 4 aromatic rings. The number of nitrogens with zero attached hydrogens (tertiary/aromatic N) is 5. The summed E-state index contributed by atoms with van der Waals surface area (Å²) in [6, 6.07) is 16.8. The average molecular weight is 445 g/mol. The molecule has 1 amide bonds. The summed E-state index contributed by atoms with van der Waals surface area (Å²) in [6.07, 6.45) is 0. The first-order valence-electron chi connectivity index (χ1n) is 10.9. The monoisotopic (exact) mass is 444 g/mol. The molecule has 170 valence electrons. The van der Waals surface area contributed by atoms with Gasteiger partial charge in [0, 0.05) is 26.3 Å². The van der Waals surface area contributed by atoms with E-state index in [0.717, 1.165) is 16.9 Å². The molecule has 1 N–H and O–H groups in total.